The zero-order valence-corrected chi connectivity index (χ0v) is 16.0. The summed E-state index contributed by atoms with van der Waals surface area (Å²) in [5.41, 5.74) is 0. The van der Waals surface area contributed by atoms with E-state index in [1.165, 1.54) is 21.0 Å². The summed E-state index contributed by atoms with van der Waals surface area (Å²) < 4.78 is 4.13. The smallest absolute Gasteiger partial charge is 0.389 e. The van der Waals surface area contributed by atoms with Gasteiger partial charge in [-0.1, -0.05) is 0 Å². The summed E-state index contributed by atoms with van der Waals surface area (Å²) in [6.07, 6.45) is 1.19. The molecular formula is C14H25Cl2N5O4. The molecule has 0 bridgehead atoms. The number of amides is 3. The SMILES string of the molecule is CN1C(=O)N(CCC[NH+](C)C)C(=O)C2C1=[N+]=CN2CC(O)CO.[Cl-].[Cl-]. The fraction of sp³-hybridized carbons (Fsp3) is 0.714. The molecule has 144 valence electrons. The summed E-state index contributed by atoms with van der Waals surface area (Å²) in [6.45, 7) is 0.890. The van der Waals surface area contributed by atoms with Crippen molar-refractivity contribution in [2.24, 2.45) is 0 Å². The number of carbonyl (C=O) groups excluding carboxylic acids is 2. The van der Waals surface area contributed by atoms with E-state index in [1.54, 1.807) is 11.9 Å². The number of hydrogen-bond donors (Lipinski definition) is 3. The molecule has 3 N–H and O–H groups in total. The molecule has 2 unspecified atom stereocenters. The van der Waals surface area contributed by atoms with Crippen molar-refractivity contribution in [3.63, 3.8) is 0 Å². The van der Waals surface area contributed by atoms with Crippen LogP contribution in [0, 0.1) is 0 Å². The summed E-state index contributed by atoms with van der Waals surface area (Å²) in [7, 11) is 5.62. The second-order valence-electron chi connectivity index (χ2n) is 6.18. The number of quaternary nitrogens is 1. The first-order valence-electron chi connectivity index (χ1n) is 7.70. The van der Waals surface area contributed by atoms with E-state index in [1.807, 2.05) is 14.1 Å². The number of aliphatic hydroxyl groups excluding tert-OH is 2. The molecule has 2 rings (SSSR count). The molecule has 2 aliphatic rings. The van der Waals surface area contributed by atoms with Gasteiger partial charge in [0.1, 0.15) is 6.10 Å². The molecule has 0 aromatic heterocycles. The van der Waals surface area contributed by atoms with Gasteiger partial charge in [0.25, 0.3) is 18.3 Å². The number of aliphatic hydroxyl groups is 2. The molecule has 1 saturated heterocycles. The highest BCUT2D eigenvalue weighted by Gasteiger charge is 2.54. The maximum absolute atomic E-state index is 12.7. The fourth-order valence-corrected chi connectivity index (χ4v) is 2.71. The number of nitrogens with zero attached hydrogens (tertiary/aromatic N) is 4. The molecule has 0 radical (unpaired) electrons. The van der Waals surface area contributed by atoms with E-state index in [9.17, 15) is 14.7 Å². The third-order valence-corrected chi connectivity index (χ3v) is 3.97. The lowest BCUT2D eigenvalue weighted by atomic mass is 10.1. The Labute approximate surface area is 159 Å². The molecule has 2 heterocycles. The molecule has 11 heteroatoms. The average Bonchev–Trinajstić information content (AvgIpc) is 2.92. The quantitative estimate of drug-likeness (QED) is 0.370. The molecule has 0 spiro atoms. The molecule has 3 amide bonds. The van der Waals surface area contributed by atoms with Gasteiger partial charge in [-0.3, -0.25) is 9.69 Å². The van der Waals surface area contributed by atoms with Gasteiger partial charge >= 0.3 is 11.9 Å². The highest BCUT2D eigenvalue weighted by Crippen LogP contribution is 2.17. The summed E-state index contributed by atoms with van der Waals surface area (Å²) in [6, 6.07) is -1.10. The van der Waals surface area contributed by atoms with Gasteiger partial charge in [0.05, 0.1) is 40.8 Å². The third-order valence-electron chi connectivity index (χ3n) is 3.97. The minimum absolute atomic E-state index is 0. The Morgan fingerprint density at radius 3 is 2.52 bits per heavy atom. The summed E-state index contributed by atoms with van der Waals surface area (Å²) in [5, 5.41) is 18.6. The van der Waals surface area contributed by atoms with Gasteiger partial charge in [0, 0.05) is 13.0 Å². The highest BCUT2D eigenvalue weighted by atomic mass is 35.5. The predicted octanol–water partition coefficient (Wildman–Crippen LogP) is -10.0. The molecular weight excluding hydrogens is 373 g/mol. The summed E-state index contributed by atoms with van der Waals surface area (Å²) in [4.78, 5) is 30.5. The van der Waals surface area contributed by atoms with Crippen molar-refractivity contribution in [1.29, 1.82) is 0 Å². The third kappa shape index (κ3) is 5.07. The Bertz CT molecular complexity index is 553. The molecule has 0 aromatic rings. The lowest BCUT2D eigenvalue weighted by Crippen LogP contribution is -3.05. The van der Waals surface area contributed by atoms with Crippen LogP contribution in [0.3, 0.4) is 0 Å². The minimum atomic E-state index is -0.970. The lowest BCUT2D eigenvalue weighted by molar-refractivity contribution is -0.858. The van der Waals surface area contributed by atoms with Gasteiger partial charge in [0.2, 0.25) is 0 Å². The van der Waals surface area contributed by atoms with Crippen molar-refractivity contribution < 1.29 is 49.5 Å². The van der Waals surface area contributed by atoms with Gasteiger partial charge < -0.3 is 39.9 Å². The molecule has 1 fully saturated rings. The van der Waals surface area contributed by atoms with E-state index in [2.05, 4.69) is 4.67 Å². The number of fused-ring (bicyclic) bond motifs is 1. The summed E-state index contributed by atoms with van der Waals surface area (Å²) >= 11 is 0. The van der Waals surface area contributed by atoms with E-state index >= 15 is 0 Å². The number of likely N-dealkylation sites (N-methyl/N-ethyl adjacent to an activating group) is 1. The van der Waals surface area contributed by atoms with Crippen LogP contribution in [-0.2, 0) is 4.79 Å². The monoisotopic (exact) mass is 397 g/mol. The minimum Gasteiger partial charge on any atom is -1.00 e. The topological polar surface area (TPSA) is 103 Å². The maximum Gasteiger partial charge on any atom is 0.389 e. The predicted molar refractivity (Wildman–Crippen MR) is 84.0 cm³/mol. The Hall–Kier alpha value is -1.35. The molecule has 25 heavy (non-hydrogen) atoms. The van der Waals surface area contributed by atoms with Crippen molar-refractivity contribution in [2.45, 2.75) is 18.6 Å². The first-order chi connectivity index (χ1) is 10.9. The normalized spacial score (nSPS) is 20.3. The Kier molecular flexibility index (Phi) is 9.42. The van der Waals surface area contributed by atoms with Crippen LogP contribution < -0.4 is 34.4 Å². The van der Waals surface area contributed by atoms with Crippen LogP contribution in [-0.4, -0.2) is 109 Å². The van der Waals surface area contributed by atoms with Crippen molar-refractivity contribution in [3.05, 3.63) is 0 Å². The number of amidine groups is 1. The second-order valence-corrected chi connectivity index (χ2v) is 6.18. The number of halogens is 2. The zero-order chi connectivity index (χ0) is 17.1. The number of carbonyl (C=O) groups is 2. The van der Waals surface area contributed by atoms with Crippen molar-refractivity contribution in [2.75, 3.05) is 47.4 Å². The number of β-amino-alcohol motifs (C(OH)–C–C–N with tert-alkyl or cyclic N) is 1. The van der Waals surface area contributed by atoms with Gasteiger partial charge in [0.15, 0.2) is 0 Å². The van der Waals surface area contributed by atoms with Crippen molar-refractivity contribution in [3.8, 4) is 0 Å². The van der Waals surface area contributed by atoms with E-state index in [4.69, 9.17) is 5.11 Å². The first kappa shape index (κ1) is 23.6. The average molecular weight is 398 g/mol. The van der Waals surface area contributed by atoms with E-state index in [-0.39, 0.29) is 43.3 Å². The molecule has 9 nitrogen and oxygen atoms in total. The number of imide groups is 1. The van der Waals surface area contributed by atoms with Crippen molar-refractivity contribution in [1.82, 2.24) is 19.4 Å². The van der Waals surface area contributed by atoms with E-state index in [0.29, 0.717) is 12.4 Å². The number of rotatable bonds is 7. The first-order valence-corrected chi connectivity index (χ1v) is 7.70. The van der Waals surface area contributed by atoms with Gasteiger partial charge in [-0.25, -0.2) is 14.4 Å². The molecule has 0 saturated carbocycles. The standard InChI is InChI=1S/C14H24N5O4.2ClH/c1-16(2)5-4-6-19-13(22)11-12(17(3)14(19)23)15-9-18(11)7-10(21)8-20;;/h9-11,20-21H,4-8H2,1-3H3;2*1H/q+1;;/p-1. The maximum atomic E-state index is 12.7. The Balaban J connectivity index is 0.00000288. The van der Waals surface area contributed by atoms with Crippen LogP contribution in [0.25, 0.3) is 0 Å². The van der Waals surface area contributed by atoms with Crippen LogP contribution in [0.2, 0.25) is 0 Å². The fourth-order valence-electron chi connectivity index (χ4n) is 2.71. The largest absolute Gasteiger partial charge is 1.00 e. The molecule has 0 aromatic carbocycles. The zero-order valence-electron chi connectivity index (χ0n) is 14.5. The number of hydrogen-bond acceptors (Lipinski definition) is 5. The van der Waals surface area contributed by atoms with Crippen LogP contribution >= 0.6 is 0 Å². The Morgan fingerprint density at radius 1 is 1.32 bits per heavy atom. The van der Waals surface area contributed by atoms with E-state index in [0.717, 1.165) is 13.0 Å². The van der Waals surface area contributed by atoms with Gasteiger partial charge in [-0.15, -0.1) is 0 Å². The molecule has 2 atom stereocenters. The van der Waals surface area contributed by atoms with Crippen LogP contribution in [0.4, 0.5) is 4.79 Å². The number of urea groups is 1. The van der Waals surface area contributed by atoms with Crippen LogP contribution in [0.15, 0.2) is 0 Å². The van der Waals surface area contributed by atoms with Gasteiger partial charge in [-0.05, 0) is 0 Å². The highest BCUT2D eigenvalue weighted by molar-refractivity contribution is 6.22. The van der Waals surface area contributed by atoms with Gasteiger partial charge in [-0.2, -0.15) is 4.90 Å². The lowest BCUT2D eigenvalue weighted by Gasteiger charge is -2.32. The Morgan fingerprint density at radius 2 is 1.96 bits per heavy atom. The summed E-state index contributed by atoms with van der Waals surface area (Å²) in [5.74, 6) is 0.0270. The second kappa shape index (κ2) is 9.96. The van der Waals surface area contributed by atoms with Crippen LogP contribution in [0.5, 0.6) is 0 Å². The van der Waals surface area contributed by atoms with E-state index < -0.39 is 18.8 Å². The molecule has 2 aliphatic heterocycles. The van der Waals surface area contributed by atoms with Crippen molar-refractivity contribution >= 4 is 24.1 Å². The van der Waals surface area contributed by atoms with Crippen LogP contribution in [0.1, 0.15) is 6.42 Å². The molecule has 0 aliphatic carbocycles. The number of nitrogens with one attached hydrogen (secondary N) is 1.